The van der Waals surface area contributed by atoms with Gasteiger partial charge in [-0.1, -0.05) is 71.3 Å². The number of halogens is 1. The molecule has 2 rings (SSSR count). The van der Waals surface area contributed by atoms with E-state index < -0.39 is 0 Å². The Morgan fingerprint density at radius 1 is 1.20 bits per heavy atom. The lowest BCUT2D eigenvalue weighted by atomic mass is 9.74. The zero-order chi connectivity index (χ0) is 10.7. The Bertz CT molecular complexity index is 334. The minimum atomic E-state index is 0.255. The Hall–Kier alpha value is -0.560. The van der Waals surface area contributed by atoms with E-state index in [1.165, 1.54) is 36.8 Å². The summed E-state index contributed by atoms with van der Waals surface area (Å²) in [4.78, 5) is 0. The van der Waals surface area contributed by atoms with Crippen molar-refractivity contribution in [3.8, 4) is 0 Å². The highest BCUT2D eigenvalue weighted by atomic mass is 79.9. The van der Waals surface area contributed by atoms with Gasteiger partial charge in [0.25, 0.3) is 0 Å². The summed E-state index contributed by atoms with van der Waals surface area (Å²) in [6.45, 7) is 4.26. The highest BCUT2D eigenvalue weighted by Crippen LogP contribution is 2.46. The van der Waals surface area contributed by atoms with E-state index in [-0.39, 0.29) is 5.41 Å². The molecule has 1 aliphatic rings. The van der Waals surface area contributed by atoms with Gasteiger partial charge < -0.3 is 0 Å². The first-order chi connectivity index (χ1) is 7.29. The Kier molecular flexibility index (Phi) is 3.30. The molecule has 0 atom stereocenters. The lowest BCUT2D eigenvalue weighted by Gasteiger charge is -2.31. The van der Waals surface area contributed by atoms with Gasteiger partial charge in [-0.3, -0.25) is 0 Å². The molecular formula is C14H17Br. The minimum Gasteiger partial charge on any atom is -0.0981 e. The van der Waals surface area contributed by atoms with E-state index in [4.69, 9.17) is 0 Å². The van der Waals surface area contributed by atoms with Crippen LogP contribution in [-0.4, -0.2) is 5.33 Å². The van der Waals surface area contributed by atoms with Crippen LogP contribution in [0, 0.1) is 0 Å². The normalized spacial score (nSPS) is 19.0. The van der Waals surface area contributed by atoms with Gasteiger partial charge in [0.05, 0.1) is 0 Å². The Labute approximate surface area is 101 Å². The lowest BCUT2D eigenvalue weighted by molar-refractivity contribution is 0.526. The summed E-state index contributed by atoms with van der Waals surface area (Å²) in [5, 5.41) is 0.919. The largest absolute Gasteiger partial charge is 0.0981 e. The average molecular weight is 265 g/mol. The standard InChI is InChI=1S/C14H17Br/c1-12(11-15)14(9-5-6-10-14)13-7-3-2-4-8-13/h2-4,7-8H,1,5-6,9-11H2. The van der Waals surface area contributed by atoms with E-state index in [1.807, 2.05) is 0 Å². The molecule has 1 saturated carbocycles. The van der Waals surface area contributed by atoms with E-state index in [9.17, 15) is 0 Å². The van der Waals surface area contributed by atoms with Crippen molar-refractivity contribution in [3.05, 3.63) is 48.0 Å². The second-order valence-electron chi connectivity index (χ2n) is 4.39. The molecule has 1 fully saturated rings. The minimum absolute atomic E-state index is 0.255. The van der Waals surface area contributed by atoms with Crippen LogP contribution in [0.1, 0.15) is 31.2 Å². The second-order valence-corrected chi connectivity index (χ2v) is 4.95. The maximum Gasteiger partial charge on any atom is 0.0248 e. The molecule has 15 heavy (non-hydrogen) atoms. The van der Waals surface area contributed by atoms with Crippen LogP contribution in [0.15, 0.2) is 42.5 Å². The number of hydrogen-bond acceptors (Lipinski definition) is 0. The molecule has 0 heterocycles. The molecular weight excluding hydrogens is 248 g/mol. The Balaban J connectivity index is 2.39. The van der Waals surface area contributed by atoms with E-state index >= 15 is 0 Å². The molecule has 0 spiro atoms. The van der Waals surface area contributed by atoms with E-state index in [0.717, 1.165) is 5.33 Å². The van der Waals surface area contributed by atoms with Crippen LogP contribution in [-0.2, 0) is 5.41 Å². The molecule has 0 aliphatic heterocycles. The molecule has 1 aliphatic carbocycles. The van der Waals surface area contributed by atoms with Gasteiger partial charge in [-0.15, -0.1) is 0 Å². The monoisotopic (exact) mass is 264 g/mol. The van der Waals surface area contributed by atoms with Gasteiger partial charge in [-0.2, -0.15) is 0 Å². The Morgan fingerprint density at radius 3 is 2.33 bits per heavy atom. The third-order valence-corrected chi connectivity index (χ3v) is 4.30. The zero-order valence-electron chi connectivity index (χ0n) is 9.01. The van der Waals surface area contributed by atoms with Crippen LogP contribution in [0.4, 0.5) is 0 Å². The fourth-order valence-electron chi connectivity index (χ4n) is 2.71. The van der Waals surface area contributed by atoms with Crippen LogP contribution in [0.25, 0.3) is 0 Å². The molecule has 1 aromatic carbocycles. The molecule has 0 N–H and O–H groups in total. The fraction of sp³-hybridized carbons (Fsp3) is 0.429. The highest BCUT2D eigenvalue weighted by molar-refractivity contribution is 9.09. The zero-order valence-corrected chi connectivity index (χ0v) is 10.6. The highest BCUT2D eigenvalue weighted by Gasteiger charge is 2.37. The maximum atomic E-state index is 4.26. The summed E-state index contributed by atoms with van der Waals surface area (Å²) in [6, 6.07) is 10.9. The first-order valence-corrected chi connectivity index (χ1v) is 6.71. The SMILES string of the molecule is C=C(CBr)C1(c2ccccc2)CCCC1. The lowest BCUT2D eigenvalue weighted by Crippen LogP contribution is -2.25. The number of alkyl halides is 1. The van der Waals surface area contributed by atoms with Gasteiger partial charge in [-0.25, -0.2) is 0 Å². The third-order valence-electron chi connectivity index (χ3n) is 3.62. The van der Waals surface area contributed by atoms with Crippen LogP contribution in [0.3, 0.4) is 0 Å². The Morgan fingerprint density at radius 2 is 1.80 bits per heavy atom. The van der Waals surface area contributed by atoms with Crippen molar-refractivity contribution >= 4 is 15.9 Å². The van der Waals surface area contributed by atoms with Gasteiger partial charge >= 0.3 is 0 Å². The summed E-state index contributed by atoms with van der Waals surface area (Å²) >= 11 is 3.56. The van der Waals surface area contributed by atoms with E-state index in [0.29, 0.717) is 0 Å². The third kappa shape index (κ3) is 1.90. The van der Waals surface area contributed by atoms with E-state index in [2.05, 4.69) is 52.8 Å². The predicted molar refractivity (Wildman–Crippen MR) is 69.5 cm³/mol. The van der Waals surface area contributed by atoms with Crippen LogP contribution in [0.2, 0.25) is 0 Å². The number of allylic oxidation sites excluding steroid dienone is 1. The molecule has 0 nitrogen and oxygen atoms in total. The summed E-state index contributed by atoms with van der Waals surface area (Å²) < 4.78 is 0. The summed E-state index contributed by atoms with van der Waals surface area (Å²) in [5.74, 6) is 0. The van der Waals surface area contributed by atoms with Crippen molar-refractivity contribution < 1.29 is 0 Å². The predicted octanol–water partition coefficient (Wildman–Crippen LogP) is 4.45. The first kappa shape index (κ1) is 10.9. The van der Waals surface area contributed by atoms with Crippen molar-refractivity contribution in [2.45, 2.75) is 31.1 Å². The summed E-state index contributed by atoms with van der Waals surface area (Å²) in [5.41, 5.74) is 3.04. The molecule has 0 amide bonds. The van der Waals surface area contributed by atoms with Crippen LogP contribution < -0.4 is 0 Å². The molecule has 0 bridgehead atoms. The molecule has 1 heteroatoms. The number of rotatable bonds is 3. The first-order valence-electron chi connectivity index (χ1n) is 5.59. The molecule has 0 unspecified atom stereocenters. The maximum absolute atomic E-state index is 4.26. The van der Waals surface area contributed by atoms with Gasteiger partial charge in [0.2, 0.25) is 0 Å². The quantitative estimate of drug-likeness (QED) is 0.559. The number of benzene rings is 1. The molecule has 0 radical (unpaired) electrons. The van der Waals surface area contributed by atoms with Crippen molar-refractivity contribution in [1.82, 2.24) is 0 Å². The molecule has 80 valence electrons. The van der Waals surface area contributed by atoms with Crippen molar-refractivity contribution in [1.29, 1.82) is 0 Å². The fourth-order valence-corrected chi connectivity index (χ4v) is 3.25. The van der Waals surface area contributed by atoms with Crippen molar-refractivity contribution in [2.75, 3.05) is 5.33 Å². The smallest absolute Gasteiger partial charge is 0.0248 e. The summed E-state index contributed by atoms with van der Waals surface area (Å²) in [7, 11) is 0. The van der Waals surface area contributed by atoms with Gasteiger partial charge in [-0.05, 0) is 18.4 Å². The van der Waals surface area contributed by atoms with Crippen molar-refractivity contribution in [2.24, 2.45) is 0 Å². The number of hydrogen-bond donors (Lipinski definition) is 0. The molecule has 1 aromatic rings. The second kappa shape index (κ2) is 4.52. The van der Waals surface area contributed by atoms with Crippen molar-refractivity contribution in [3.63, 3.8) is 0 Å². The molecule has 0 saturated heterocycles. The average Bonchev–Trinajstić information content (AvgIpc) is 2.79. The van der Waals surface area contributed by atoms with Gasteiger partial charge in [0, 0.05) is 10.7 Å². The summed E-state index contributed by atoms with van der Waals surface area (Å²) in [6.07, 6.45) is 5.20. The van der Waals surface area contributed by atoms with Gasteiger partial charge in [0.15, 0.2) is 0 Å². The molecule has 0 aromatic heterocycles. The topological polar surface area (TPSA) is 0 Å². The van der Waals surface area contributed by atoms with Crippen LogP contribution >= 0.6 is 15.9 Å². The van der Waals surface area contributed by atoms with E-state index in [1.54, 1.807) is 0 Å². The van der Waals surface area contributed by atoms with Crippen LogP contribution in [0.5, 0.6) is 0 Å². The van der Waals surface area contributed by atoms with Gasteiger partial charge in [0.1, 0.15) is 0 Å².